The number of hydrogen-bond acceptors (Lipinski definition) is 2. The summed E-state index contributed by atoms with van der Waals surface area (Å²) in [6.07, 6.45) is 1.16. The van der Waals surface area contributed by atoms with E-state index in [1.54, 1.807) is 17.0 Å². The number of nitrogens with zero attached hydrogens (tertiary/aromatic N) is 1. The summed E-state index contributed by atoms with van der Waals surface area (Å²) in [6, 6.07) is 5.39. The van der Waals surface area contributed by atoms with Gasteiger partial charge in [-0.25, -0.2) is 0 Å². The highest BCUT2D eigenvalue weighted by Gasteiger charge is 2.28. The summed E-state index contributed by atoms with van der Waals surface area (Å²) >= 11 is 11.9. The van der Waals surface area contributed by atoms with Gasteiger partial charge in [0.15, 0.2) is 0 Å². The summed E-state index contributed by atoms with van der Waals surface area (Å²) < 4.78 is 0. The van der Waals surface area contributed by atoms with Crippen LogP contribution in [-0.2, 0) is 11.2 Å². The van der Waals surface area contributed by atoms with E-state index in [-0.39, 0.29) is 18.4 Å². The van der Waals surface area contributed by atoms with Gasteiger partial charge in [-0.2, -0.15) is 0 Å². The van der Waals surface area contributed by atoms with Crippen molar-refractivity contribution in [2.24, 2.45) is 5.92 Å². The van der Waals surface area contributed by atoms with E-state index in [2.05, 4.69) is 0 Å². The zero-order valence-electron chi connectivity index (χ0n) is 9.90. The van der Waals surface area contributed by atoms with E-state index in [0.29, 0.717) is 36.0 Å². The summed E-state index contributed by atoms with van der Waals surface area (Å²) in [5.74, 6) is 0.192. The molecule has 1 aromatic rings. The number of likely N-dealkylation sites (tertiary alicyclic amines) is 1. The number of benzene rings is 1. The molecule has 1 fully saturated rings. The molecule has 0 aromatic heterocycles. The van der Waals surface area contributed by atoms with Crippen LogP contribution in [-0.4, -0.2) is 35.6 Å². The molecule has 98 valence electrons. The minimum absolute atomic E-state index is 0.0734. The molecule has 1 aliphatic rings. The van der Waals surface area contributed by atoms with Crippen molar-refractivity contribution in [1.82, 2.24) is 4.90 Å². The topological polar surface area (TPSA) is 40.5 Å². The highest BCUT2D eigenvalue weighted by atomic mass is 35.5. The first kappa shape index (κ1) is 13.7. The van der Waals surface area contributed by atoms with Crippen LogP contribution in [0.25, 0.3) is 0 Å². The summed E-state index contributed by atoms with van der Waals surface area (Å²) in [6.45, 7) is 1.35. The third-order valence-corrected chi connectivity index (χ3v) is 3.81. The second kappa shape index (κ2) is 5.91. The molecule has 0 saturated carbocycles. The molecule has 0 radical (unpaired) electrons. The fourth-order valence-corrected chi connectivity index (χ4v) is 2.68. The van der Waals surface area contributed by atoms with E-state index >= 15 is 0 Å². The molecule has 1 heterocycles. The number of carbonyl (C=O) groups is 1. The lowest BCUT2D eigenvalue weighted by Crippen LogP contribution is -2.27. The lowest BCUT2D eigenvalue weighted by atomic mass is 10.1. The van der Waals surface area contributed by atoms with Crippen molar-refractivity contribution in [2.75, 3.05) is 19.7 Å². The summed E-state index contributed by atoms with van der Waals surface area (Å²) in [4.78, 5) is 13.4. The number of amides is 1. The van der Waals surface area contributed by atoms with E-state index in [4.69, 9.17) is 28.3 Å². The summed E-state index contributed by atoms with van der Waals surface area (Å²) in [5.41, 5.74) is 0.987. The molecule has 0 aliphatic carbocycles. The fourth-order valence-electron chi connectivity index (χ4n) is 2.17. The van der Waals surface area contributed by atoms with Gasteiger partial charge in [-0.1, -0.05) is 29.3 Å². The van der Waals surface area contributed by atoms with Crippen LogP contribution in [0, 0.1) is 5.92 Å². The van der Waals surface area contributed by atoms with Crippen molar-refractivity contribution < 1.29 is 9.90 Å². The van der Waals surface area contributed by atoms with Crippen molar-refractivity contribution >= 4 is 29.1 Å². The minimum Gasteiger partial charge on any atom is -0.396 e. The van der Waals surface area contributed by atoms with Gasteiger partial charge in [0.25, 0.3) is 0 Å². The lowest BCUT2D eigenvalue weighted by Gasteiger charge is -2.16. The van der Waals surface area contributed by atoms with Crippen LogP contribution >= 0.6 is 23.2 Å². The Morgan fingerprint density at radius 3 is 2.78 bits per heavy atom. The van der Waals surface area contributed by atoms with Crippen LogP contribution in [0.2, 0.25) is 10.0 Å². The van der Waals surface area contributed by atoms with Gasteiger partial charge >= 0.3 is 0 Å². The molecule has 1 saturated heterocycles. The third kappa shape index (κ3) is 3.16. The van der Waals surface area contributed by atoms with Crippen molar-refractivity contribution in [3.8, 4) is 0 Å². The second-order valence-corrected chi connectivity index (χ2v) is 5.42. The Morgan fingerprint density at radius 2 is 2.17 bits per heavy atom. The molecule has 1 unspecified atom stereocenters. The van der Waals surface area contributed by atoms with Gasteiger partial charge in [0.05, 0.1) is 0 Å². The average molecular weight is 288 g/mol. The van der Waals surface area contributed by atoms with Crippen LogP contribution < -0.4 is 0 Å². The number of rotatable bonds is 4. The largest absolute Gasteiger partial charge is 0.396 e. The van der Waals surface area contributed by atoms with E-state index < -0.39 is 0 Å². The van der Waals surface area contributed by atoms with E-state index in [9.17, 15) is 4.79 Å². The van der Waals surface area contributed by atoms with Crippen LogP contribution in [0.15, 0.2) is 18.2 Å². The van der Waals surface area contributed by atoms with Crippen LogP contribution in [0.1, 0.15) is 12.0 Å². The Labute approximate surface area is 116 Å². The van der Waals surface area contributed by atoms with E-state index in [1.165, 1.54) is 0 Å². The zero-order chi connectivity index (χ0) is 13.1. The Hall–Kier alpha value is -0.770. The molecule has 0 spiro atoms. The van der Waals surface area contributed by atoms with Gasteiger partial charge in [-0.05, 0) is 24.1 Å². The second-order valence-electron chi connectivity index (χ2n) is 4.58. The average Bonchev–Trinajstić information content (AvgIpc) is 2.69. The number of hydrogen-bond donors (Lipinski definition) is 1. The predicted octanol–water partition coefficient (Wildman–Crippen LogP) is 2.38. The molecule has 1 N–H and O–H groups in total. The summed E-state index contributed by atoms with van der Waals surface area (Å²) in [7, 11) is 0. The van der Waals surface area contributed by atoms with Crippen molar-refractivity contribution in [1.29, 1.82) is 0 Å². The van der Waals surface area contributed by atoms with Crippen molar-refractivity contribution in [3.05, 3.63) is 33.8 Å². The molecular formula is C13H15Cl2NO2. The molecule has 1 amide bonds. The molecule has 2 rings (SSSR count). The number of aliphatic hydroxyl groups is 1. The maximum absolute atomic E-state index is 11.7. The normalized spacial score (nSPS) is 19.6. The Bertz CT molecular complexity index is 451. The molecule has 18 heavy (non-hydrogen) atoms. The zero-order valence-corrected chi connectivity index (χ0v) is 11.4. The van der Waals surface area contributed by atoms with Gasteiger partial charge in [0.2, 0.25) is 5.91 Å². The van der Waals surface area contributed by atoms with Gasteiger partial charge in [-0.15, -0.1) is 0 Å². The monoisotopic (exact) mass is 287 g/mol. The predicted molar refractivity (Wildman–Crippen MR) is 71.9 cm³/mol. The third-order valence-electron chi connectivity index (χ3n) is 3.22. The van der Waals surface area contributed by atoms with Crippen molar-refractivity contribution in [2.45, 2.75) is 12.8 Å². The first-order valence-corrected chi connectivity index (χ1v) is 6.68. The first-order chi connectivity index (χ1) is 8.60. The van der Waals surface area contributed by atoms with E-state index in [1.807, 2.05) is 6.07 Å². The highest BCUT2D eigenvalue weighted by Crippen LogP contribution is 2.23. The smallest absolute Gasteiger partial charge is 0.223 e. The lowest BCUT2D eigenvalue weighted by molar-refractivity contribution is -0.127. The van der Waals surface area contributed by atoms with Crippen LogP contribution in [0.5, 0.6) is 0 Å². The molecule has 3 nitrogen and oxygen atoms in total. The number of aliphatic hydroxyl groups excluding tert-OH is 1. The Balaban J connectivity index is 1.94. The molecule has 1 aliphatic heterocycles. The quantitative estimate of drug-likeness (QED) is 0.924. The minimum atomic E-state index is 0.0734. The Morgan fingerprint density at radius 1 is 1.39 bits per heavy atom. The maximum atomic E-state index is 11.7. The standard InChI is InChI=1S/C13H15Cl2NO2/c14-11-2-1-10(12(15)6-11)3-4-16-7-9(8-17)5-13(16)18/h1-2,6,9,17H,3-5,7-8H2. The number of carbonyl (C=O) groups excluding carboxylic acids is 1. The fraction of sp³-hybridized carbons (Fsp3) is 0.462. The molecule has 5 heteroatoms. The summed E-state index contributed by atoms with van der Waals surface area (Å²) in [5, 5.41) is 10.3. The van der Waals surface area contributed by atoms with Crippen LogP contribution in [0.4, 0.5) is 0 Å². The Kier molecular flexibility index (Phi) is 4.49. The van der Waals surface area contributed by atoms with Crippen molar-refractivity contribution in [3.63, 3.8) is 0 Å². The first-order valence-electron chi connectivity index (χ1n) is 5.92. The molecular weight excluding hydrogens is 273 g/mol. The van der Waals surface area contributed by atoms with Crippen LogP contribution in [0.3, 0.4) is 0 Å². The van der Waals surface area contributed by atoms with Gasteiger partial charge in [0.1, 0.15) is 0 Å². The van der Waals surface area contributed by atoms with E-state index in [0.717, 1.165) is 5.56 Å². The van der Waals surface area contributed by atoms with Gasteiger partial charge < -0.3 is 10.0 Å². The molecule has 1 aromatic carbocycles. The number of halogens is 2. The maximum Gasteiger partial charge on any atom is 0.223 e. The molecule has 1 atom stereocenters. The SMILES string of the molecule is O=C1CC(CO)CN1CCc1ccc(Cl)cc1Cl. The van der Waals surface area contributed by atoms with Gasteiger partial charge in [0, 0.05) is 42.1 Å². The molecule has 0 bridgehead atoms. The highest BCUT2D eigenvalue weighted by molar-refractivity contribution is 6.35. The van der Waals surface area contributed by atoms with Gasteiger partial charge in [-0.3, -0.25) is 4.79 Å².